The quantitative estimate of drug-likeness (QED) is 0.0897. The van der Waals surface area contributed by atoms with Gasteiger partial charge in [0.2, 0.25) is 5.91 Å². The summed E-state index contributed by atoms with van der Waals surface area (Å²) in [5, 5.41) is 16.8. The van der Waals surface area contributed by atoms with E-state index in [0.717, 1.165) is 5.56 Å². The zero-order valence-corrected chi connectivity index (χ0v) is 28.4. The third kappa shape index (κ3) is 9.47. The molecule has 0 spiro atoms. The largest absolute Gasteiger partial charge is 0.460 e. The molecule has 0 saturated carbocycles. The molecule has 3 heterocycles. The highest BCUT2D eigenvalue weighted by molar-refractivity contribution is 7.45. The van der Waals surface area contributed by atoms with Gasteiger partial charge in [-0.1, -0.05) is 60.7 Å². The highest BCUT2D eigenvalue weighted by atomic mass is 31.2. The minimum atomic E-state index is -1.85. The fourth-order valence-electron chi connectivity index (χ4n) is 5.28. The molecule has 14 nitrogen and oxygen atoms in total. The molecule has 266 valence electrons. The number of halogens is 1. The maximum atomic E-state index is 13.3. The molecule has 6 unspecified atom stereocenters. The number of hydrogen-bond donors (Lipinski definition) is 4. The second kappa shape index (κ2) is 16.9. The Kier molecular flexibility index (Phi) is 11.9. The van der Waals surface area contributed by atoms with E-state index in [9.17, 15) is 19.1 Å². The van der Waals surface area contributed by atoms with Crippen LogP contribution in [0.1, 0.15) is 30.7 Å². The molecule has 5 N–H and O–H groups in total. The van der Waals surface area contributed by atoms with Crippen LogP contribution in [0, 0.1) is 5.82 Å². The molecule has 6 atom stereocenters. The van der Waals surface area contributed by atoms with Crippen molar-refractivity contribution < 1.29 is 37.6 Å². The van der Waals surface area contributed by atoms with Gasteiger partial charge < -0.3 is 34.7 Å². The van der Waals surface area contributed by atoms with Gasteiger partial charge in [0.25, 0.3) is 0 Å². The van der Waals surface area contributed by atoms with Crippen molar-refractivity contribution in [1.82, 2.24) is 24.6 Å². The van der Waals surface area contributed by atoms with E-state index >= 15 is 0 Å². The number of aliphatic hydroxyl groups is 1. The second-order valence-electron chi connectivity index (χ2n) is 11.8. The number of nitrogens with two attached hydrogens (primary N) is 1. The van der Waals surface area contributed by atoms with E-state index in [0.29, 0.717) is 17.0 Å². The van der Waals surface area contributed by atoms with Gasteiger partial charge in [0.15, 0.2) is 23.2 Å². The van der Waals surface area contributed by atoms with Gasteiger partial charge in [-0.2, -0.15) is 0 Å². The molecule has 2 aromatic heterocycles. The van der Waals surface area contributed by atoms with Crippen LogP contribution in [0.3, 0.4) is 0 Å². The molecule has 1 saturated heterocycles. The van der Waals surface area contributed by atoms with Crippen LogP contribution >= 0.6 is 8.53 Å². The molecule has 1 fully saturated rings. The summed E-state index contributed by atoms with van der Waals surface area (Å²) in [6.45, 7) is 1.82. The van der Waals surface area contributed by atoms with Crippen molar-refractivity contribution in [3.05, 3.63) is 115 Å². The monoisotopic (exact) mass is 717 g/mol. The van der Waals surface area contributed by atoms with Gasteiger partial charge in [-0.05, 0) is 48.7 Å². The number of carbonyl (C=O) groups excluding carboxylic acids is 2. The van der Waals surface area contributed by atoms with E-state index in [1.807, 2.05) is 48.5 Å². The van der Waals surface area contributed by atoms with Crippen molar-refractivity contribution >= 4 is 37.4 Å². The number of esters is 1. The maximum Gasteiger partial charge on any atom is 0.323 e. The Morgan fingerprint density at radius 3 is 2.51 bits per heavy atom. The van der Waals surface area contributed by atoms with E-state index < -0.39 is 50.9 Å². The molecule has 1 aliphatic heterocycles. The van der Waals surface area contributed by atoms with Crippen LogP contribution < -0.4 is 20.7 Å². The van der Waals surface area contributed by atoms with Crippen LogP contribution in [0.5, 0.6) is 5.75 Å². The molecule has 0 bridgehead atoms. The summed E-state index contributed by atoms with van der Waals surface area (Å²) in [7, 11) is -1.85. The van der Waals surface area contributed by atoms with Gasteiger partial charge in [0.1, 0.15) is 36.6 Å². The fourth-order valence-corrected chi connectivity index (χ4v) is 6.49. The summed E-state index contributed by atoms with van der Waals surface area (Å²) >= 11 is 0. The lowest BCUT2D eigenvalue weighted by Gasteiger charge is -2.23. The lowest BCUT2D eigenvalue weighted by atomic mass is 10.1. The Bertz CT molecular complexity index is 1910. The normalized spacial score (nSPS) is 18.9. The average Bonchev–Trinajstić information content (AvgIpc) is 3.74. The van der Waals surface area contributed by atoms with Crippen molar-refractivity contribution in [1.29, 1.82) is 0 Å². The fraction of sp³-hybridized carbons (Fsp3) is 0.286. The number of nitrogens with one attached hydrogen (secondary N) is 2. The Morgan fingerprint density at radius 1 is 1.04 bits per heavy atom. The van der Waals surface area contributed by atoms with E-state index in [4.69, 9.17) is 24.3 Å². The van der Waals surface area contributed by atoms with Gasteiger partial charge in [0.05, 0.1) is 25.1 Å². The van der Waals surface area contributed by atoms with Gasteiger partial charge in [-0.3, -0.25) is 14.2 Å². The number of ether oxygens (including phenoxy) is 2. The van der Waals surface area contributed by atoms with Crippen molar-refractivity contribution in [3.8, 4) is 5.75 Å². The summed E-state index contributed by atoms with van der Waals surface area (Å²) < 4.78 is 38.7. The number of benzene rings is 3. The number of nitrogens with zero attached hydrogens (tertiary/aromatic N) is 4. The highest BCUT2D eigenvalue weighted by Gasteiger charge is 2.37. The maximum absolute atomic E-state index is 13.3. The van der Waals surface area contributed by atoms with Crippen molar-refractivity contribution in [3.63, 3.8) is 0 Å². The molecule has 1 amide bonds. The molecule has 0 radical (unpaired) electrons. The predicted molar refractivity (Wildman–Crippen MR) is 185 cm³/mol. The number of amides is 1. The van der Waals surface area contributed by atoms with Crippen molar-refractivity contribution in [2.45, 2.75) is 56.9 Å². The summed E-state index contributed by atoms with van der Waals surface area (Å²) in [6.07, 6.45) is 0.736. The van der Waals surface area contributed by atoms with Crippen molar-refractivity contribution in [2.24, 2.45) is 5.73 Å². The van der Waals surface area contributed by atoms with E-state index in [1.165, 1.54) is 24.8 Å². The molecule has 6 rings (SSSR count). The van der Waals surface area contributed by atoms with Crippen LogP contribution in [-0.2, 0) is 36.6 Å². The number of aromatic nitrogens is 4. The first-order valence-corrected chi connectivity index (χ1v) is 17.4. The summed E-state index contributed by atoms with van der Waals surface area (Å²) in [5.41, 5.74) is 8.27. The number of para-hydroxylation sites is 1. The van der Waals surface area contributed by atoms with Crippen molar-refractivity contribution in [2.75, 3.05) is 11.9 Å². The number of carbonyl (C=O) groups is 2. The summed E-state index contributed by atoms with van der Waals surface area (Å²) in [6, 6.07) is 22.5. The van der Waals surface area contributed by atoms with Crippen LogP contribution in [-0.4, -0.2) is 67.4 Å². The molecule has 16 heteroatoms. The summed E-state index contributed by atoms with van der Waals surface area (Å²) in [5.74, 6) is -0.691. The Morgan fingerprint density at radius 2 is 1.76 bits per heavy atom. The lowest BCUT2D eigenvalue weighted by Crippen LogP contribution is -2.37. The molecule has 0 aliphatic carbocycles. The third-order valence-corrected chi connectivity index (χ3v) is 9.29. The first kappa shape index (κ1) is 35.9. The average molecular weight is 718 g/mol. The smallest absolute Gasteiger partial charge is 0.323 e. The molecule has 3 aromatic carbocycles. The van der Waals surface area contributed by atoms with Gasteiger partial charge in [0, 0.05) is 6.42 Å². The number of aliphatic hydroxyl groups excluding tert-OH is 1. The molecule has 1 aliphatic rings. The lowest BCUT2D eigenvalue weighted by molar-refractivity contribution is -0.146. The standard InChI is InChI=1S/C35H37FN7O7P/c1-22(35(46)47-18-24-8-4-2-5-9-24)42-51(50-26-10-6-3-7-11-26)48-19-27-17-29(44)34(49-27)43-21-40-30-31(38-20-39-32(30)43)41-33(45)28(37)16-23-12-14-25(36)15-13-23/h2-15,20-22,27-29,34,42,44H,16-19,37H2,1H3,(H,38,39,41,45). The minimum Gasteiger partial charge on any atom is -0.460 e. The van der Waals surface area contributed by atoms with E-state index in [2.05, 4.69) is 25.4 Å². The van der Waals surface area contributed by atoms with E-state index in [-0.39, 0.29) is 43.2 Å². The SMILES string of the molecule is CC(NP(OCC1CC(O)C(n2cnc3c(NC(=O)C(N)Cc4ccc(F)cc4)ncnc32)O1)Oc1ccccc1)C(=O)OCc1ccccc1. The zero-order chi connectivity index (χ0) is 35.7. The number of imidazole rings is 1. The number of fused-ring (bicyclic) bond motifs is 1. The predicted octanol–water partition coefficient (Wildman–Crippen LogP) is 4.17. The second-order valence-corrected chi connectivity index (χ2v) is 13.0. The molecule has 51 heavy (non-hydrogen) atoms. The first-order valence-electron chi connectivity index (χ1n) is 16.2. The Labute approximate surface area is 294 Å². The van der Waals surface area contributed by atoms with E-state index in [1.54, 1.807) is 35.8 Å². The van der Waals surface area contributed by atoms with Gasteiger partial charge in [-0.25, -0.2) is 24.4 Å². The number of rotatable bonds is 15. The van der Waals surface area contributed by atoms with Crippen LogP contribution in [0.4, 0.5) is 10.2 Å². The Balaban J connectivity index is 1.07. The molecular weight excluding hydrogens is 680 g/mol. The minimum absolute atomic E-state index is 0.0275. The van der Waals surface area contributed by atoms with Crippen LogP contribution in [0.15, 0.2) is 97.6 Å². The summed E-state index contributed by atoms with van der Waals surface area (Å²) in [4.78, 5) is 38.6. The van der Waals surface area contributed by atoms with Crippen LogP contribution in [0.2, 0.25) is 0 Å². The zero-order valence-electron chi connectivity index (χ0n) is 27.5. The topological polar surface area (TPSA) is 185 Å². The third-order valence-electron chi connectivity index (χ3n) is 7.93. The first-order chi connectivity index (χ1) is 24.7. The molecular formula is C35H37FN7O7P. The number of anilines is 1. The Hall–Kier alpha value is -4.89. The van der Waals surface area contributed by atoms with Gasteiger partial charge in [-0.15, -0.1) is 0 Å². The molecule has 5 aromatic rings. The van der Waals surface area contributed by atoms with Gasteiger partial charge >= 0.3 is 14.5 Å². The van der Waals surface area contributed by atoms with Crippen LogP contribution in [0.25, 0.3) is 11.2 Å². The number of hydrogen-bond acceptors (Lipinski definition) is 12. The highest BCUT2D eigenvalue weighted by Crippen LogP contribution is 2.39.